The summed E-state index contributed by atoms with van der Waals surface area (Å²) in [5.41, 5.74) is 1.16. The standard InChI is InChI=1S/C31H32F3N7O5S/c1-4-46-30(44)41-47(3,45)25-10-6-9-24(16-25)37-28-35-17-26(27(40-28)36-19(2)18-42)20-11-13-22(14-12-20)38-29(43)39-23-8-5-7-21(15-23)31(32,33)34/h5-17,19,42H,4,18H2,1-3H3,(H2,38,39,43)(H2,35,36,37,40)/t19-,47?/m1/s1. The van der Waals surface area contributed by atoms with Crippen molar-refractivity contribution in [3.63, 3.8) is 0 Å². The van der Waals surface area contributed by atoms with Crippen LogP contribution in [0.1, 0.15) is 19.4 Å². The SMILES string of the molecule is CCOC(=O)N=S(C)(=O)c1cccc(Nc2ncc(-c3ccc(NC(=O)Nc4cccc(C(F)(F)F)c4)cc3)c(N[C@H](C)CO)n2)c1. The molecule has 47 heavy (non-hydrogen) atoms. The van der Waals surface area contributed by atoms with Crippen molar-refractivity contribution in [3.05, 3.63) is 84.6 Å². The molecule has 248 valence electrons. The van der Waals surface area contributed by atoms with Crippen LogP contribution in [0.3, 0.4) is 0 Å². The largest absolute Gasteiger partial charge is 0.448 e. The molecule has 0 aliphatic heterocycles. The first-order valence-electron chi connectivity index (χ1n) is 14.1. The van der Waals surface area contributed by atoms with Gasteiger partial charge in [-0.15, -0.1) is 4.36 Å². The van der Waals surface area contributed by atoms with Gasteiger partial charge in [-0.05, 0) is 67.9 Å². The minimum absolute atomic E-state index is 0.0183. The summed E-state index contributed by atoms with van der Waals surface area (Å²) in [6, 6.07) is 16.2. The number of halogens is 3. The molecule has 0 saturated heterocycles. The van der Waals surface area contributed by atoms with E-state index in [4.69, 9.17) is 4.74 Å². The van der Waals surface area contributed by atoms with E-state index in [9.17, 15) is 32.1 Å². The summed E-state index contributed by atoms with van der Waals surface area (Å²) in [5.74, 6) is 0.549. The zero-order chi connectivity index (χ0) is 34.2. The first kappa shape index (κ1) is 34.6. The van der Waals surface area contributed by atoms with Gasteiger partial charge in [-0.1, -0.05) is 24.3 Å². The summed E-state index contributed by atoms with van der Waals surface area (Å²) >= 11 is 0. The summed E-state index contributed by atoms with van der Waals surface area (Å²) in [6.07, 6.45) is -2.59. The van der Waals surface area contributed by atoms with Crippen LogP contribution in [0.15, 0.2) is 88.3 Å². The van der Waals surface area contributed by atoms with Gasteiger partial charge in [-0.2, -0.15) is 18.2 Å². The number of benzene rings is 3. The molecular weight excluding hydrogens is 639 g/mol. The molecule has 0 aliphatic carbocycles. The fourth-order valence-corrected chi connectivity index (χ4v) is 5.24. The fourth-order valence-electron chi connectivity index (χ4n) is 4.13. The Morgan fingerprint density at radius 3 is 2.36 bits per heavy atom. The number of rotatable bonds is 10. The van der Waals surface area contributed by atoms with Crippen molar-refractivity contribution < 1.29 is 36.8 Å². The number of alkyl halides is 3. The minimum Gasteiger partial charge on any atom is -0.448 e. The quantitative estimate of drug-likeness (QED) is 0.120. The number of urea groups is 1. The second kappa shape index (κ2) is 14.9. The van der Waals surface area contributed by atoms with Crippen LogP contribution in [-0.4, -0.2) is 56.9 Å². The van der Waals surface area contributed by atoms with Gasteiger partial charge < -0.3 is 31.1 Å². The van der Waals surface area contributed by atoms with E-state index in [1.54, 1.807) is 68.6 Å². The van der Waals surface area contributed by atoms with Crippen LogP contribution in [0.25, 0.3) is 11.1 Å². The molecule has 3 amide bonds. The predicted molar refractivity (Wildman–Crippen MR) is 173 cm³/mol. The van der Waals surface area contributed by atoms with Gasteiger partial charge >= 0.3 is 18.3 Å². The highest BCUT2D eigenvalue weighted by Crippen LogP contribution is 2.31. The highest BCUT2D eigenvalue weighted by molar-refractivity contribution is 7.93. The van der Waals surface area contributed by atoms with E-state index < -0.39 is 33.6 Å². The van der Waals surface area contributed by atoms with E-state index in [0.29, 0.717) is 28.3 Å². The third kappa shape index (κ3) is 9.64. The zero-order valence-electron chi connectivity index (χ0n) is 25.5. The molecule has 1 unspecified atom stereocenters. The third-order valence-corrected chi connectivity index (χ3v) is 8.02. The Morgan fingerprint density at radius 1 is 1.00 bits per heavy atom. The molecule has 1 aromatic heterocycles. The number of nitrogens with zero attached hydrogens (tertiary/aromatic N) is 3. The van der Waals surface area contributed by atoms with Gasteiger partial charge in [0.25, 0.3) is 0 Å². The maximum atomic E-state index is 13.1. The molecule has 4 aromatic rings. The van der Waals surface area contributed by atoms with Gasteiger partial charge in [0.2, 0.25) is 5.95 Å². The monoisotopic (exact) mass is 671 g/mol. The summed E-state index contributed by atoms with van der Waals surface area (Å²) in [4.78, 5) is 33.5. The van der Waals surface area contributed by atoms with Crippen LogP contribution in [0.4, 0.5) is 51.6 Å². The highest BCUT2D eigenvalue weighted by Gasteiger charge is 2.30. The van der Waals surface area contributed by atoms with Crippen LogP contribution in [0.2, 0.25) is 0 Å². The van der Waals surface area contributed by atoms with E-state index in [0.717, 1.165) is 12.1 Å². The Bertz CT molecular complexity index is 1860. The lowest BCUT2D eigenvalue weighted by Crippen LogP contribution is -2.21. The number of hydrogen-bond acceptors (Lipinski definition) is 9. The van der Waals surface area contributed by atoms with Crippen LogP contribution in [-0.2, 0) is 20.6 Å². The molecule has 0 fully saturated rings. The highest BCUT2D eigenvalue weighted by atomic mass is 32.2. The van der Waals surface area contributed by atoms with Crippen molar-refractivity contribution in [1.82, 2.24) is 9.97 Å². The number of anilines is 5. The van der Waals surface area contributed by atoms with E-state index in [1.807, 2.05) is 0 Å². The lowest BCUT2D eigenvalue weighted by molar-refractivity contribution is -0.137. The molecule has 12 nitrogen and oxygen atoms in total. The number of nitrogens with one attached hydrogen (secondary N) is 4. The van der Waals surface area contributed by atoms with Crippen molar-refractivity contribution in [2.45, 2.75) is 31.0 Å². The lowest BCUT2D eigenvalue weighted by atomic mass is 10.1. The van der Waals surface area contributed by atoms with Gasteiger partial charge in [-0.25, -0.2) is 18.8 Å². The Hall–Kier alpha value is -5.22. The van der Waals surface area contributed by atoms with E-state index >= 15 is 0 Å². The van der Waals surface area contributed by atoms with Crippen LogP contribution in [0.5, 0.6) is 0 Å². The topological polar surface area (TPSA) is 167 Å². The molecule has 16 heteroatoms. The van der Waals surface area contributed by atoms with E-state index in [2.05, 4.69) is 35.6 Å². The Morgan fingerprint density at radius 2 is 1.68 bits per heavy atom. The first-order valence-corrected chi connectivity index (χ1v) is 16.1. The molecular formula is C31H32F3N7O5S. The molecule has 0 aliphatic rings. The first-order chi connectivity index (χ1) is 22.3. The summed E-state index contributed by atoms with van der Waals surface area (Å²) in [7, 11) is -3.09. The maximum absolute atomic E-state index is 13.1. The van der Waals surface area contributed by atoms with Gasteiger partial charge in [0.15, 0.2) is 0 Å². The van der Waals surface area contributed by atoms with Crippen LogP contribution < -0.4 is 21.3 Å². The van der Waals surface area contributed by atoms with Crippen molar-refractivity contribution in [2.75, 3.05) is 40.7 Å². The maximum Gasteiger partial charge on any atom is 0.442 e. The Labute approximate surface area is 269 Å². The van der Waals surface area contributed by atoms with E-state index in [1.165, 1.54) is 18.4 Å². The lowest BCUT2D eigenvalue weighted by Gasteiger charge is -2.17. The number of hydrogen-bond donors (Lipinski definition) is 5. The third-order valence-electron chi connectivity index (χ3n) is 6.39. The van der Waals surface area contributed by atoms with Crippen LogP contribution >= 0.6 is 0 Å². The molecule has 5 N–H and O–H groups in total. The second-order valence-corrected chi connectivity index (χ2v) is 12.4. The van der Waals surface area contributed by atoms with Gasteiger partial charge in [-0.3, -0.25) is 0 Å². The Balaban J connectivity index is 1.52. The van der Waals surface area contributed by atoms with E-state index in [-0.39, 0.29) is 35.8 Å². The second-order valence-electron chi connectivity index (χ2n) is 10.2. The summed E-state index contributed by atoms with van der Waals surface area (Å²) < 4.78 is 60.5. The minimum atomic E-state index is -4.54. The number of aliphatic hydroxyl groups is 1. The Kier molecular flexibility index (Phi) is 11.0. The number of carbonyl (C=O) groups excluding carboxylic acids is 2. The number of aromatic nitrogens is 2. The normalized spacial score (nSPS) is 13.1. The molecule has 1 heterocycles. The van der Waals surface area contributed by atoms with Crippen molar-refractivity contribution in [2.24, 2.45) is 4.36 Å². The number of ether oxygens (including phenoxy) is 1. The fraction of sp³-hybridized carbons (Fsp3) is 0.226. The number of amides is 3. The van der Waals surface area contributed by atoms with Crippen LogP contribution in [0, 0.1) is 0 Å². The van der Waals surface area contributed by atoms with Gasteiger partial charge in [0.1, 0.15) is 5.82 Å². The number of aliphatic hydroxyl groups excluding tert-OH is 1. The summed E-state index contributed by atoms with van der Waals surface area (Å²) in [5, 5.41) is 20.8. The van der Waals surface area contributed by atoms with Crippen molar-refractivity contribution in [3.8, 4) is 11.1 Å². The molecule has 0 radical (unpaired) electrons. The molecule has 4 rings (SSSR count). The molecule has 0 saturated carbocycles. The smallest absolute Gasteiger partial charge is 0.442 e. The van der Waals surface area contributed by atoms with Crippen molar-refractivity contribution >= 4 is 50.7 Å². The molecule has 3 aromatic carbocycles. The van der Waals surface area contributed by atoms with Crippen molar-refractivity contribution in [1.29, 1.82) is 0 Å². The average Bonchev–Trinajstić information content (AvgIpc) is 3.01. The number of carbonyl (C=O) groups is 2. The zero-order valence-corrected chi connectivity index (χ0v) is 26.3. The molecule has 0 bridgehead atoms. The van der Waals surface area contributed by atoms with Gasteiger partial charge in [0.05, 0.1) is 28.5 Å². The predicted octanol–water partition coefficient (Wildman–Crippen LogP) is 6.96. The molecule has 0 spiro atoms. The summed E-state index contributed by atoms with van der Waals surface area (Å²) in [6.45, 7) is 3.29. The molecule has 2 atom stereocenters. The van der Waals surface area contributed by atoms with Gasteiger partial charge in [0, 0.05) is 46.0 Å². The average molecular weight is 672 g/mol.